The number of anilines is 5. The summed E-state index contributed by atoms with van der Waals surface area (Å²) in [5.74, 6) is 0. The maximum absolute atomic E-state index is 2.49. The average Bonchev–Trinajstić information content (AvgIpc) is 3.95. The summed E-state index contributed by atoms with van der Waals surface area (Å²) >= 11 is 0. The Morgan fingerprint density at radius 1 is 0.306 bits per heavy atom. The highest BCUT2D eigenvalue weighted by molar-refractivity contribution is 6.15. The molecule has 72 heavy (non-hydrogen) atoms. The summed E-state index contributed by atoms with van der Waals surface area (Å²) in [5.41, 5.74) is 20.8. The minimum atomic E-state index is 1.08. The number of hydrogen-bond donors (Lipinski definition) is 0. The van der Waals surface area contributed by atoms with Crippen molar-refractivity contribution in [3.63, 3.8) is 0 Å². The van der Waals surface area contributed by atoms with E-state index in [1.54, 1.807) is 0 Å². The molecule has 4 heteroatoms. The lowest BCUT2D eigenvalue weighted by Gasteiger charge is -2.27. The van der Waals surface area contributed by atoms with E-state index in [1.807, 2.05) is 0 Å². The van der Waals surface area contributed by atoms with Crippen LogP contribution in [0.1, 0.15) is 0 Å². The fraction of sp³-hybridized carbons (Fsp3) is 0.0294. The molecular formula is C68H50N4. The van der Waals surface area contributed by atoms with Gasteiger partial charge in [-0.05, 0) is 118 Å². The summed E-state index contributed by atoms with van der Waals surface area (Å²) in [4.78, 5) is 4.68. The second kappa shape index (κ2) is 17.9. The van der Waals surface area contributed by atoms with Crippen molar-refractivity contribution in [1.29, 1.82) is 0 Å². The first-order valence-electron chi connectivity index (χ1n) is 24.7. The number of hydrogen-bond acceptors (Lipinski definition) is 2. The zero-order valence-corrected chi connectivity index (χ0v) is 40.2. The van der Waals surface area contributed by atoms with E-state index in [-0.39, 0.29) is 0 Å². The number of para-hydroxylation sites is 4. The van der Waals surface area contributed by atoms with Gasteiger partial charge in [0.15, 0.2) is 0 Å². The standard InChI is InChI=1S/C68H50N4/c1-69(54-26-10-5-11-27-54)55-40-37-49(38-41-55)59-32-17-33-62-61-42-39-53(46-66(61)72(67(59)62)58-30-15-24-51(44-58)48-21-8-4-9-22-48)52-25-16-29-57(45-52)71(56-28-14-23-50(43-56)47-19-6-3-7-20-47)65-36-18-34-63-60-31-12-13-35-64(60)70(2)68(63)65/h3-46H,1-2H3. The molecule has 342 valence electrons. The Morgan fingerprint density at radius 2 is 0.778 bits per heavy atom. The summed E-state index contributed by atoms with van der Waals surface area (Å²) < 4.78 is 4.84. The first-order chi connectivity index (χ1) is 35.6. The van der Waals surface area contributed by atoms with Crippen LogP contribution in [0.3, 0.4) is 0 Å². The fourth-order valence-electron chi connectivity index (χ4n) is 11.0. The zero-order chi connectivity index (χ0) is 48.1. The van der Waals surface area contributed by atoms with Gasteiger partial charge in [0.05, 0.1) is 22.2 Å². The van der Waals surface area contributed by atoms with Crippen molar-refractivity contribution in [2.24, 2.45) is 7.05 Å². The summed E-state index contributed by atoms with van der Waals surface area (Å²) in [5, 5.41) is 4.90. The minimum absolute atomic E-state index is 1.08. The quantitative estimate of drug-likeness (QED) is 0.136. The average molecular weight is 923 g/mol. The Hall–Kier alpha value is -9.38. The van der Waals surface area contributed by atoms with E-state index in [9.17, 15) is 0 Å². The number of nitrogens with zero attached hydrogens (tertiary/aromatic N) is 4. The van der Waals surface area contributed by atoms with Crippen LogP contribution < -0.4 is 9.80 Å². The lowest BCUT2D eigenvalue weighted by Crippen LogP contribution is -2.11. The summed E-state index contributed by atoms with van der Waals surface area (Å²) in [6.07, 6.45) is 0. The van der Waals surface area contributed by atoms with E-state index in [1.165, 1.54) is 71.5 Å². The van der Waals surface area contributed by atoms with Crippen LogP contribution in [0.2, 0.25) is 0 Å². The SMILES string of the molecule is CN(c1ccccc1)c1ccc(-c2cccc3c4ccc(-c5cccc(N(c6cccc(-c7ccccc7)c6)c6cccc7c8ccccc8n(C)c67)c5)cc4n(-c4cccc(-c5ccccc5)c4)c23)cc1. The van der Waals surface area contributed by atoms with Gasteiger partial charge in [-0.1, -0.05) is 188 Å². The van der Waals surface area contributed by atoms with Crippen LogP contribution in [-0.4, -0.2) is 16.2 Å². The molecule has 0 unspecified atom stereocenters. The van der Waals surface area contributed by atoms with Gasteiger partial charge in [0, 0.05) is 75.2 Å². The maximum Gasteiger partial charge on any atom is 0.0733 e. The molecule has 0 amide bonds. The van der Waals surface area contributed by atoms with Crippen LogP contribution in [0, 0.1) is 0 Å². The van der Waals surface area contributed by atoms with Crippen LogP contribution in [0.25, 0.3) is 93.8 Å². The van der Waals surface area contributed by atoms with E-state index < -0.39 is 0 Å². The largest absolute Gasteiger partial charge is 0.345 e. The molecule has 11 aromatic carbocycles. The highest BCUT2D eigenvalue weighted by Gasteiger charge is 2.22. The molecule has 13 rings (SSSR count). The van der Waals surface area contributed by atoms with Crippen LogP contribution in [0.15, 0.2) is 267 Å². The molecule has 0 spiro atoms. The second-order valence-electron chi connectivity index (χ2n) is 18.7. The van der Waals surface area contributed by atoms with Gasteiger partial charge in [-0.25, -0.2) is 0 Å². The Labute approximate surface area is 420 Å². The van der Waals surface area contributed by atoms with Gasteiger partial charge in [-0.15, -0.1) is 0 Å². The highest BCUT2D eigenvalue weighted by atomic mass is 15.2. The lowest BCUT2D eigenvalue weighted by molar-refractivity contribution is 1.01. The molecule has 0 atom stereocenters. The molecule has 0 saturated heterocycles. The molecular weight excluding hydrogens is 873 g/mol. The molecule has 2 aromatic heterocycles. The van der Waals surface area contributed by atoms with Gasteiger partial charge < -0.3 is 18.9 Å². The summed E-state index contributed by atoms with van der Waals surface area (Å²) in [6, 6.07) is 97.2. The third-order valence-electron chi connectivity index (χ3n) is 14.5. The third kappa shape index (κ3) is 7.40. The number of fused-ring (bicyclic) bond motifs is 6. The molecule has 2 heterocycles. The van der Waals surface area contributed by atoms with Crippen LogP contribution in [-0.2, 0) is 7.05 Å². The van der Waals surface area contributed by atoms with Crippen molar-refractivity contribution in [3.8, 4) is 50.2 Å². The zero-order valence-electron chi connectivity index (χ0n) is 40.2. The smallest absolute Gasteiger partial charge is 0.0733 e. The van der Waals surface area contributed by atoms with Gasteiger partial charge >= 0.3 is 0 Å². The van der Waals surface area contributed by atoms with E-state index in [0.717, 1.165) is 50.8 Å². The minimum Gasteiger partial charge on any atom is -0.345 e. The van der Waals surface area contributed by atoms with Crippen molar-refractivity contribution < 1.29 is 0 Å². The fourth-order valence-corrected chi connectivity index (χ4v) is 11.0. The molecule has 0 saturated carbocycles. The summed E-state index contributed by atoms with van der Waals surface area (Å²) in [7, 11) is 4.32. The normalized spacial score (nSPS) is 11.5. The topological polar surface area (TPSA) is 16.3 Å². The predicted molar refractivity (Wildman–Crippen MR) is 306 cm³/mol. The molecule has 0 N–H and O–H groups in total. The Morgan fingerprint density at radius 3 is 1.47 bits per heavy atom. The van der Waals surface area contributed by atoms with Gasteiger partial charge in [0.2, 0.25) is 0 Å². The van der Waals surface area contributed by atoms with E-state index in [2.05, 4.69) is 300 Å². The second-order valence-corrected chi connectivity index (χ2v) is 18.7. The van der Waals surface area contributed by atoms with E-state index in [4.69, 9.17) is 0 Å². The molecule has 0 aliphatic heterocycles. The van der Waals surface area contributed by atoms with E-state index in [0.29, 0.717) is 0 Å². The number of aryl methyl sites for hydroxylation is 1. The van der Waals surface area contributed by atoms with Gasteiger partial charge in [0.1, 0.15) is 0 Å². The van der Waals surface area contributed by atoms with Crippen molar-refractivity contribution in [3.05, 3.63) is 267 Å². The van der Waals surface area contributed by atoms with Crippen LogP contribution in [0.5, 0.6) is 0 Å². The first kappa shape index (κ1) is 42.7. The molecule has 4 nitrogen and oxygen atoms in total. The molecule has 0 fully saturated rings. The molecule has 13 aromatic rings. The van der Waals surface area contributed by atoms with E-state index >= 15 is 0 Å². The Bertz CT molecular complexity index is 4110. The highest BCUT2D eigenvalue weighted by Crippen LogP contribution is 2.45. The molecule has 0 bridgehead atoms. The third-order valence-corrected chi connectivity index (χ3v) is 14.5. The van der Waals surface area contributed by atoms with Crippen molar-refractivity contribution in [2.45, 2.75) is 0 Å². The predicted octanol–water partition coefficient (Wildman–Crippen LogP) is 18.3. The molecule has 0 aliphatic carbocycles. The van der Waals surface area contributed by atoms with Crippen molar-refractivity contribution in [2.75, 3.05) is 16.8 Å². The number of rotatable bonds is 10. The van der Waals surface area contributed by atoms with Gasteiger partial charge in [0.25, 0.3) is 0 Å². The Balaban J connectivity index is 0.994. The monoisotopic (exact) mass is 922 g/mol. The van der Waals surface area contributed by atoms with Crippen LogP contribution in [0.4, 0.5) is 28.4 Å². The van der Waals surface area contributed by atoms with Crippen LogP contribution >= 0.6 is 0 Å². The summed E-state index contributed by atoms with van der Waals surface area (Å²) in [6.45, 7) is 0. The lowest BCUT2D eigenvalue weighted by atomic mass is 10.00. The maximum atomic E-state index is 2.49. The van der Waals surface area contributed by atoms with Crippen molar-refractivity contribution in [1.82, 2.24) is 9.13 Å². The van der Waals surface area contributed by atoms with Gasteiger partial charge in [-0.3, -0.25) is 0 Å². The first-order valence-corrected chi connectivity index (χ1v) is 24.7. The van der Waals surface area contributed by atoms with Crippen molar-refractivity contribution >= 4 is 72.0 Å². The number of benzene rings is 11. The molecule has 0 aliphatic rings. The molecule has 0 radical (unpaired) electrons. The Kier molecular flexibility index (Phi) is 10.6. The van der Waals surface area contributed by atoms with Gasteiger partial charge in [-0.2, -0.15) is 0 Å². The number of aromatic nitrogens is 2.